The first-order valence-corrected chi connectivity index (χ1v) is 12.3. The lowest BCUT2D eigenvalue weighted by Crippen LogP contribution is -2.33. The molecule has 2 aromatic heterocycles. The molecule has 9 nitrogen and oxygen atoms in total. The quantitative estimate of drug-likeness (QED) is 0.359. The monoisotopic (exact) mass is 527 g/mol. The van der Waals surface area contributed by atoms with Crippen LogP contribution in [-0.4, -0.2) is 54.8 Å². The molecule has 1 atom stereocenters. The first kappa shape index (κ1) is 26.3. The van der Waals surface area contributed by atoms with Gasteiger partial charge in [0.25, 0.3) is 11.8 Å². The Morgan fingerprint density at radius 3 is 2.76 bits per heavy atom. The number of nitrogens with one attached hydrogen (secondary N) is 3. The average Bonchev–Trinajstić information content (AvgIpc) is 2.92. The molecule has 0 spiro atoms. The van der Waals surface area contributed by atoms with Crippen LogP contribution in [0, 0.1) is 5.92 Å². The van der Waals surface area contributed by atoms with Gasteiger partial charge >= 0.3 is 0 Å². The summed E-state index contributed by atoms with van der Waals surface area (Å²) in [4.78, 5) is 34.3. The van der Waals surface area contributed by atoms with Gasteiger partial charge in [0.1, 0.15) is 30.6 Å². The van der Waals surface area contributed by atoms with Crippen LogP contribution < -0.4 is 25.4 Å². The smallest absolute Gasteiger partial charge is 0.277 e. The number of halogens is 2. The number of anilines is 2. The number of rotatable bonds is 10. The number of alkyl halides is 1. The number of carbonyl (C=O) groups is 2. The van der Waals surface area contributed by atoms with Gasteiger partial charge in [-0.25, -0.2) is 14.4 Å². The average molecular weight is 528 g/mol. The number of amides is 2. The van der Waals surface area contributed by atoms with Crippen molar-refractivity contribution in [2.75, 3.05) is 43.6 Å². The third kappa shape index (κ3) is 7.37. The number of ether oxygens (including phenoxy) is 2. The van der Waals surface area contributed by atoms with Gasteiger partial charge in [-0.1, -0.05) is 11.6 Å². The van der Waals surface area contributed by atoms with Gasteiger partial charge in [-0.15, -0.1) is 0 Å². The predicted octanol–water partition coefficient (Wildman–Crippen LogP) is 4.36. The van der Waals surface area contributed by atoms with Crippen molar-refractivity contribution in [1.29, 1.82) is 0 Å². The molecular weight excluding hydrogens is 501 g/mol. The van der Waals surface area contributed by atoms with E-state index in [0.717, 1.165) is 25.9 Å². The molecule has 1 aliphatic rings. The highest BCUT2D eigenvalue weighted by molar-refractivity contribution is 6.30. The van der Waals surface area contributed by atoms with Crippen molar-refractivity contribution in [3.05, 3.63) is 71.1 Å². The molecular formula is C26H27ClFN5O4. The van der Waals surface area contributed by atoms with Gasteiger partial charge in [-0.2, -0.15) is 0 Å². The molecule has 1 aromatic carbocycles. The van der Waals surface area contributed by atoms with Crippen molar-refractivity contribution in [1.82, 2.24) is 15.3 Å². The standard InChI is InChI=1S/C26H27ClFN5O4/c27-18-5-8-23(31-15-18)33-26(35)24-21(4-2-11-30-24)32-25(34)20-7-6-19(36-12-9-28)13-22(20)37-16-17-3-1-10-29-14-17/h2,4-8,11,13,15,17,29H,1,3,9-10,12,14,16H2,(H,32,34)(H,31,33,35)/t17-/m0/s1. The fourth-order valence-corrected chi connectivity index (χ4v) is 3.94. The van der Waals surface area contributed by atoms with Gasteiger partial charge in [-0.05, 0) is 55.8 Å². The molecule has 4 rings (SSSR count). The largest absolute Gasteiger partial charge is 0.492 e. The molecule has 1 saturated heterocycles. The van der Waals surface area contributed by atoms with Crippen molar-refractivity contribution in [3.8, 4) is 11.5 Å². The highest BCUT2D eigenvalue weighted by Crippen LogP contribution is 2.28. The maximum Gasteiger partial charge on any atom is 0.277 e. The van der Waals surface area contributed by atoms with Crippen molar-refractivity contribution < 1.29 is 23.5 Å². The van der Waals surface area contributed by atoms with Crippen LogP contribution in [0.25, 0.3) is 0 Å². The summed E-state index contributed by atoms with van der Waals surface area (Å²) in [6.45, 7) is 1.48. The highest BCUT2D eigenvalue weighted by atomic mass is 35.5. The summed E-state index contributed by atoms with van der Waals surface area (Å²) in [5.41, 5.74) is 0.455. The van der Waals surface area contributed by atoms with E-state index >= 15 is 0 Å². The number of aromatic nitrogens is 2. The van der Waals surface area contributed by atoms with Crippen LogP contribution in [0.5, 0.6) is 11.5 Å². The van der Waals surface area contributed by atoms with Gasteiger partial charge in [0, 0.05) is 30.9 Å². The molecule has 194 valence electrons. The zero-order chi connectivity index (χ0) is 26.0. The van der Waals surface area contributed by atoms with Crippen LogP contribution in [0.3, 0.4) is 0 Å². The Bertz CT molecular complexity index is 1220. The lowest BCUT2D eigenvalue weighted by molar-refractivity contribution is 0.102. The van der Waals surface area contributed by atoms with E-state index in [1.807, 2.05) is 0 Å². The summed E-state index contributed by atoms with van der Waals surface area (Å²) < 4.78 is 24.0. The SMILES string of the molecule is O=C(Nc1cccnc1C(=O)Nc1ccc(Cl)cn1)c1ccc(OCCF)cc1OC[C@H]1CCCNC1. The van der Waals surface area contributed by atoms with E-state index < -0.39 is 18.5 Å². The second kappa shape index (κ2) is 13.0. The molecule has 3 aromatic rings. The first-order chi connectivity index (χ1) is 18.0. The van der Waals surface area contributed by atoms with Gasteiger partial charge in [0.05, 0.1) is 22.9 Å². The Hall–Kier alpha value is -3.76. The fourth-order valence-electron chi connectivity index (χ4n) is 3.83. The molecule has 11 heteroatoms. The summed E-state index contributed by atoms with van der Waals surface area (Å²) in [5.74, 6) is 0.231. The van der Waals surface area contributed by atoms with E-state index in [0.29, 0.717) is 29.0 Å². The molecule has 3 heterocycles. The van der Waals surface area contributed by atoms with E-state index in [2.05, 4.69) is 25.9 Å². The maximum atomic E-state index is 13.3. The van der Waals surface area contributed by atoms with Crippen LogP contribution in [0.4, 0.5) is 15.9 Å². The summed E-state index contributed by atoms with van der Waals surface area (Å²) in [6.07, 6.45) is 4.93. The van der Waals surface area contributed by atoms with Crippen LogP contribution in [0.15, 0.2) is 54.9 Å². The van der Waals surface area contributed by atoms with Gasteiger partial charge in [-0.3, -0.25) is 9.59 Å². The maximum absolute atomic E-state index is 13.3. The van der Waals surface area contributed by atoms with E-state index in [4.69, 9.17) is 21.1 Å². The van der Waals surface area contributed by atoms with Crippen LogP contribution in [0.1, 0.15) is 33.7 Å². The summed E-state index contributed by atoms with van der Waals surface area (Å²) in [6, 6.07) is 11.0. The summed E-state index contributed by atoms with van der Waals surface area (Å²) in [5, 5.41) is 9.15. The van der Waals surface area contributed by atoms with Crippen molar-refractivity contribution >= 4 is 34.9 Å². The van der Waals surface area contributed by atoms with Crippen LogP contribution in [0.2, 0.25) is 5.02 Å². The van der Waals surface area contributed by atoms with Gasteiger partial charge in [0.2, 0.25) is 0 Å². The minimum atomic E-state index is -0.635. The first-order valence-electron chi connectivity index (χ1n) is 11.9. The topological polar surface area (TPSA) is 114 Å². The molecule has 0 radical (unpaired) electrons. The highest BCUT2D eigenvalue weighted by Gasteiger charge is 2.21. The van der Waals surface area contributed by atoms with Crippen LogP contribution >= 0.6 is 11.6 Å². The van der Waals surface area contributed by atoms with E-state index in [-0.39, 0.29) is 29.4 Å². The van der Waals surface area contributed by atoms with Crippen molar-refractivity contribution in [2.24, 2.45) is 5.92 Å². The number of carbonyl (C=O) groups excluding carboxylic acids is 2. The minimum Gasteiger partial charge on any atom is -0.492 e. The molecule has 0 saturated carbocycles. The molecule has 0 bridgehead atoms. The van der Waals surface area contributed by atoms with E-state index in [1.165, 1.54) is 12.4 Å². The minimum absolute atomic E-state index is 0.00578. The van der Waals surface area contributed by atoms with Crippen molar-refractivity contribution in [3.63, 3.8) is 0 Å². The lowest BCUT2D eigenvalue weighted by Gasteiger charge is -2.23. The second-order valence-corrected chi connectivity index (χ2v) is 8.82. The molecule has 1 fully saturated rings. The number of nitrogens with zero attached hydrogens (tertiary/aromatic N) is 2. The van der Waals surface area contributed by atoms with Crippen LogP contribution in [-0.2, 0) is 0 Å². The Morgan fingerprint density at radius 2 is 2.00 bits per heavy atom. The molecule has 0 aliphatic carbocycles. The molecule has 1 aliphatic heterocycles. The zero-order valence-corrected chi connectivity index (χ0v) is 20.8. The molecule has 2 amide bonds. The summed E-state index contributed by atoms with van der Waals surface area (Å²) in [7, 11) is 0. The van der Waals surface area contributed by atoms with E-state index in [9.17, 15) is 14.0 Å². The molecule has 0 unspecified atom stereocenters. The fraction of sp³-hybridized carbons (Fsp3) is 0.308. The number of hydrogen-bond acceptors (Lipinski definition) is 7. The van der Waals surface area contributed by atoms with Gasteiger partial charge < -0.3 is 25.4 Å². The van der Waals surface area contributed by atoms with E-state index in [1.54, 1.807) is 42.5 Å². The molecule has 3 N–H and O–H groups in total. The molecule has 37 heavy (non-hydrogen) atoms. The second-order valence-electron chi connectivity index (χ2n) is 8.39. The number of hydrogen-bond donors (Lipinski definition) is 3. The predicted molar refractivity (Wildman–Crippen MR) is 138 cm³/mol. The zero-order valence-electron chi connectivity index (χ0n) is 20.0. The Kier molecular flexibility index (Phi) is 9.23. The van der Waals surface area contributed by atoms with Gasteiger partial charge in [0.15, 0.2) is 5.69 Å². The Labute approximate surface area is 218 Å². The van der Waals surface area contributed by atoms with Crippen molar-refractivity contribution in [2.45, 2.75) is 12.8 Å². The lowest BCUT2D eigenvalue weighted by atomic mass is 10.0. The number of piperidine rings is 1. The number of pyridine rings is 2. The Morgan fingerprint density at radius 1 is 1.11 bits per heavy atom. The third-order valence-electron chi connectivity index (χ3n) is 5.66. The Balaban J connectivity index is 1.52. The summed E-state index contributed by atoms with van der Waals surface area (Å²) >= 11 is 5.85. The number of benzene rings is 1. The normalized spacial score (nSPS) is 15.0. The third-order valence-corrected chi connectivity index (χ3v) is 5.88.